The molecule has 17 heavy (non-hydrogen) atoms. The summed E-state index contributed by atoms with van der Waals surface area (Å²) >= 11 is 0. The maximum absolute atomic E-state index is 12.1. The van der Waals surface area contributed by atoms with Crippen molar-refractivity contribution in [1.29, 1.82) is 0 Å². The molecule has 2 atom stereocenters. The molecule has 0 radical (unpaired) electrons. The lowest BCUT2D eigenvalue weighted by Crippen LogP contribution is -2.50. The first-order valence-electron chi connectivity index (χ1n) is 6.77. The molecule has 0 aromatic heterocycles. The van der Waals surface area contributed by atoms with Gasteiger partial charge in [-0.15, -0.1) is 0 Å². The smallest absolute Gasteiger partial charge is 0.236 e. The van der Waals surface area contributed by atoms with Crippen LogP contribution in [0.15, 0.2) is 0 Å². The first-order chi connectivity index (χ1) is 8.09. The minimum absolute atomic E-state index is 0.167. The molecule has 98 valence electrons. The van der Waals surface area contributed by atoms with Gasteiger partial charge in [0.2, 0.25) is 5.91 Å². The fourth-order valence-electron chi connectivity index (χ4n) is 2.71. The van der Waals surface area contributed by atoms with Gasteiger partial charge in [-0.05, 0) is 39.2 Å². The van der Waals surface area contributed by atoms with Gasteiger partial charge in [0.15, 0.2) is 0 Å². The number of carbonyl (C=O) groups is 1. The Hall–Kier alpha value is -0.610. The molecule has 2 unspecified atom stereocenters. The van der Waals surface area contributed by atoms with Crippen LogP contribution in [0.25, 0.3) is 0 Å². The molecular weight excluding hydrogens is 216 g/mol. The van der Waals surface area contributed by atoms with Gasteiger partial charge in [-0.3, -0.25) is 9.69 Å². The highest BCUT2D eigenvalue weighted by Crippen LogP contribution is 2.26. The Balaban J connectivity index is 1.88. The van der Waals surface area contributed by atoms with E-state index in [1.54, 1.807) is 0 Å². The summed E-state index contributed by atoms with van der Waals surface area (Å²) in [5.74, 6) is 0.208. The van der Waals surface area contributed by atoms with E-state index in [1.165, 1.54) is 6.42 Å². The second-order valence-electron chi connectivity index (χ2n) is 5.51. The number of likely N-dealkylation sites (N-methyl/N-ethyl adjacent to an activating group) is 1. The van der Waals surface area contributed by atoms with Crippen LogP contribution in [-0.4, -0.2) is 59.1 Å². The molecule has 0 spiro atoms. The summed E-state index contributed by atoms with van der Waals surface area (Å²) in [6, 6.07) is 0.651. The van der Waals surface area contributed by atoms with E-state index in [4.69, 9.17) is 0 Å². The molecule has 4 heteroatoms. The van der Waals surface area contributed by atoms with Crippen molar-refractivity contribution in [2.45, 2.75) is 57.2 Å². The number of aliphatic hydroxyl groups is 1. The largest absolute Gasteiger partial charge is 0.392 e. The number of hydrogen-bond acceptors (Lipinski definition) is 3. The third-order valence-corrected chi connectivity index (χ3v) is 4.05. The van der Waals surface area contributed by atoms with Crippen molar-refractivity contribution >= 4 is 5.91 Å². The standard InChI is InChI=1S/C13H24N2O2/c1-10(16)12-5-3-4-8-15(12)9-13(17)14(2)11-6-7-11/h10-12,16H,3-9H2,1-2H3. The van der Waals surface area contributed by atoms with Gasteiger partial charge in [0.1, 0.15) is 0 Å². The number of piperidine rings is 1. The Morgan fingerprint density at radius 1 is 1.41 bits per heavy atom. The van der Waals surface area contributed by atoms with Crippen LogP contribution in [0, 0.1) is 0 Å². The first-order valence-corrected chi connectivity index (χ1v) is 6.77. The molecule has 0 aromatic rings. The van der Waals surface area contributed by atoms with Crippen molar-refractivity contribution in [3.05, 3.63) is 0 Å². The van der Waals surface area contributed by atoms with E-state index in [2.05, 4.69) is 4.90 Å². The zero-order valence-electron chi connectivity index (χ0n) is 10.9. The van der Waals surface area contributed by atoms with Crippen LogP contribution in [0.3, 0.4) is 0 Å². The lowest BCUT2D eigenvalue weighted by atomic mass is 9.98. The summed E-state index contributed by atoms with van der Waals surface area (Å²) in [5.41, 5.74) is 0. The molecule has 0 aromatic carbocycles. The Kier molecular flexibility index (Phi) is 4.05. The fraction of sp³-hybridized carbons (Fsp3) is 0.923. The quantitative estimate of drug-likeness (QED) is 0.792. The molecule has 1 amide bonds. The van der Waals surface area contributed by atoms with Crippen LogP contribution in [0.1, 0.15) is 39.0 Å². The first kappa shape index (κ1) is 12.8. The predicted molar refractivity (Wildman–Crippen MR) is 66.7 cm³/mol. The lowest BCUT2D eigenvalue weighted by Gasteiger charge is -2.37. The maximum atomic E-state index is 12.1. The summed E-state index contributed by atoms with van der Waals surface area (Å²) in [7, 11) is 1.90. The van der Waals surface area contributed by atoms with Gasteiger partial charge in [-0.25, -0.2) is 0 Å². The molecule has 1 saturated carbocycles. The summed E-state index contributed by atoms with van der Waals surface area (Å²) in [6.07, 6.45) is 5.29. The predicted octanol–water partition coefficient (Wildman–Crippen LogP) is 0.842. The molecule has 2 rings (SSSR count). The SMILES string of the molecule is CC(O)C1CCCCN1CC(=O)N(C)C1CC1. The lowest BCUT2D eigenvalue weighted by molar-refractivity contribution is -0.133. The normalized spacial score (nSPS) is 27.8. The van der Waals surface area contributed by atoms with Gasteiger partial charge in [-0.1, -0.05) is 6.42 Å². The Morgan fingerprint density at radius 2 is 2.12 bits per heavy atom. The highest BCUT2D eigenvalue weighted by atomic mass is 16.3. The molecule has 1 aliphatic heterocycles. The van der Waals surface area contributed by atoms with E-state index in [0.29, 0.717) is 12.6 Å². The van der Waals surface area contributed by atoms with Crippen molar-refractivity contribution < 1.29 is 9.90 Å². The van der Waals surface area contributed by atoms with E-state index in [0.717, 1.165) is 32.2 Å². The van der Waals surface area contributed by atoms with Gasteiger partial charge < -0.3 is 10.0 Å². The highest BCUT2D eigenvalue weighted by Gasteiger charge is 2.33. The molecule has 4 nitrogen and oxygen atoms in total. The second kappa shape index (κ2) is 5.36. The molecule has 1 N–H and O–H groups in total. The van der Waals surface area contributed by atoms with Crippen LogP contribution in [0.5, 0.6) is 0 Å². The van der Waals surface area contributed by atoms with Gasteiger partial charge in [0, 0.05) is 19.1 Å². The number of hydrogen-bond donors (Lipinski definition) is 1. The number of amides is 1. The summed E-state index contributed by atoms with van der Waals surface area (Å²) < 4.78 is 0. The maximum Gasteiger partial charge on any atom is 0.236 e. The average molecular weight is 240 g/mol. The van der Waals surface area contributed by atoms with Crippen molar-refractivity contribution in [2.24, 2.45) is 0 Å². The second-order valence-corrected chi connectivity index (χ2v) is 5.51. The van der Waals surface area contributed by atoms with Crippen molar-refractivity contribution in [1.82, 2.24) is 9.80 Å². The van der Waals surface area contributed by atoms with E-state index in [1.807, 2.05) is 18.9 Å². The Morgan fingerprint density at radius 3 is 2.71 bits per heavy atom. The van der Waals surface area contributed by atoms with E-state index in [9.17, 15) is 9.90 Å². The molecular formula is C13H24N2O2. The van der Waals surface area contributed by atoms with Crippen molar-refractivity contribution in [3.63, 3.8) is 0 Å². The van der Waals surface area contributed by atoms with Gasteiger partial charge in [-0.2, -0.15) is 0 Å². The van der Waals surface area contributed by atoms with Crippen molar-refractivity contribution in [3.8, 4) is 0 Å². The van der Waals surface area contributed by atoms with Crippen LogP contribution < -0.4 is 0 Å². The van der Waals surface area contributed by atoms with E-state index >= 15 is 0 Å². The topological polar surface area (TPSA) is 43.8 Å². The molecule has 1 saturated heterocycles. The summed E-state index contributed by atoms with van der Waals surface area (Å²) in [4.78, 5) is 16.1. The van der Waals surface area contributed by atoms with Crippen LogP contribution in [0.4, 0.5) is 0 Å². The van der Waals surface area contributed by atoms with E-state index < -0.39 is 0 Å². The van der Waals surface area contributed by atoms with Gasteiger partial charge >= 0.3 is 0 Å². The zero-order valence-corrected chi connectivity index (χ0v) is 10.9. The number of rotatable bonds is 4. The Labute approximate surface area is 104 Å². The third-order valence-electron chi connectivity index (χ3n) is 4.05. The number of aliphatic hydroxyl groups excluding tert-OH is 1. The number of likely N-dealkylation sites (tertiary alicyclic amines) is 1. The zero-order chi connectivity index (χ0) is 12.4. The van der Waals surface area contributed by atoms with E-state index in [-0.39, 0.29) is 18.1 Å². The molecule has 2 fully saturated rings. The number of nitrogens with zero attached hydrogens (tertiary/aromatic N) is 2. The average Bonchev–Trinajstić information content (AvgIpc) is 3.12. The molecule has 2 aliphatic rings. The third kappa shape index (κ3) is 3.19. The van der Waals surface area contributed by atoms with Crippen LogP contribution >= 0.6 is 0 Å². The highest BCUT2D eigenvalue weighted by molar-refractivity contribution is 5.78. The van der Waals surface area contributed by atoms with Gasteiger partial charge in [0.25, 0.3) is 0 Å². The number of carbonyl (C=O) groups excluding carboxylic acids is 1. The van der Waals surface area contributed by atoms with Crippen molar-refractivity contribution in [2.75, 3.05) is 20.1 Å². The summed E-state index contributed by atoms with van der Waals surface area (Å²) in [5, 5.41) is 9.75. The van der Waals surface area contributed by atoms with Crippen LogP contribution in [-0.2, 0) is 4.79 Å². The minimum Gasteiger partial charge on any atom is -0.392 e. The molecule has 1 aliphatic carbocycles. The molecule has 0 bridgehead atoms. The Bertz CT molecular complexity index is 277. The summed E-state index contributed by atoms with van der Waals surface area (Å²) in [6.45, 7) is 3.25. The molecule has 1 heterocycles. The minimum atomic E-state index is -0.339. The fourth-order valence-corrected chi connectivity index (χ4v) is 2.71. The monoisotopic (exact) mass is 240 g/mol. The van der Waals surface area contributed by atoms with Gasteiger partial charge in [0.05, 0.1) is 12.6 Å². The van der Waals surface area contributed by atoms with Crippen LogP contribution in [0.2, 0.25) is 0 Å².